The maximum atomic E-state index is 12.4. The van der Waals surface area contributed by atoms with Crippen molar-refractivity contribution >= 4 is 27.4 Å². The van der Waals surface area contributed by atoms with Crippen LogP contribution < -0.4 is 4.18 Å². The first-order valence-corrected chi connectivity index (χ1v) is 7.18. The molecule has 0 heterocycles. The van der Waals surface area contributed by atoms with Gasteiger partial charge in [-0.05, 0) is 19.4 Å². The van der Waals surface area contributed by atoms with Crippen LogP contribution in [0, 0.1) is 17.0 Å². The molecule has 0 aliphatic carbocycles. The van der Waals surface area contributed by atoms with Crippen molar-refractivity contribution < 1.29 is 30.7 Å². The lowest BCUT2D eigenvalue weighted by Gasteiger charge is -2.14. The van der Waals surface area contributed by atoms with Gasteiger partial charge in [-0.15, -0.1) is 0 Å². The van der Waals surface area contributed by atoms with Crippen LogP contribution in [-0.2, 0) is 16.5 Å². The van der Waals surface area contributed by atoms with E-state index < -0.39 is 32.0 Å². The standard InChI is InChI=1S/C10H9ClF3NO5S/c1-3-6-4-7(11)5(2)8(15(16)17)9(6)20-21(18,19)10(12,13)14/h4H,3H2,1-2H3. The van der Waals surface area contributed by atoms with Crippen molar-refractivity contribution in [2.45, 2.75) is 25.8 Å². The van der Waals surface area contributed by atoms with Gasteiger partial charge in [-0.2, -0.15) is 21.6 Å². The fourth-order valence-electron chi connectivity index (χ4n) is 1.49. The smallest absolute Gasteiger partial charge is 0.368 e. The summed E-state index contributed by atoms with van der Waals surface area (Å²) in [5.41, 5.74) is -6.91. The highest BCUT2D eigenvalue weighted by molar-refractivity contribution is 7.88. The predicted molar refractivity (Wildman–Crippen MR) is 67.8 cm³/mol. The minimum absolute atomic E-state index is 0.0104. The number of alkyl halides is 3. The summed E-state index contributed by atoms with van der Waals surface area (Å²) in [6.07, 6.45) is -0.0104. The molecule has 0 amide bonds. The largest absolute Gasteiger partial charge is 0.534 e. The van der Waals surface area contributed by atoms with E-state index in [2.05, 4.69) is 4.18 Å². The zero-order chi connectivity index (χ0) is 16.6. The number of halogens is 4. The molecule has 0 saturated heterocycles. The summed E-state index contributed by atoms with van der Waals surface area (Å²) in [5.74, 6) is -0.971. The fourth-order valence-corrected chi connectivity index (χ4v) is 2.22. The zero-order valence-electron chi connectivity index (χ0n) is 10.7. The summed E-state index contributed by atoms with van der Waals surface area (Å²) in [6, 6.07) is 1.13. The number of nitro groups is 1. The van der Waals surface area contributed by atoms with Gasteiger partial charge in [0.05, 0.1) is 9.95 Å². The van der Waals surface area contributed by atoms with Gasteiger partial charge in [0.1, 0.15) is 0 Å². The molecule has 0 N–H and O–H groups in total. The van der Waals surface area contributed by atoms with Gasteiger partial charge in [-0.25, -0.2) is 0 Å². The van der Waals surface area contributed by atoms with Gasteiger partial charge in [0.2, 0.25) is 5.75 Å². The maximum absolute atomic E-state index is 12.4. The van der Waals surface area contributed by atoms with E-state index in [0.717, 1.165) is 6.07 Å². The second-order valence-electron chi connectivity index (χ2n) is 3.91. The first kappa shape index (κ1) is 17.5. The van der Waals surface area contributed by atoms with Crippen LogP contribution in [0.5, 0.6) is 5.75 Å². The molecule has 0 atom stereocenters. The van der Waals surface area contributed by atoms with E-state index in [-0.39, 0.29) is 22.6 Å². The van der Waals surface area contributed by atoms with Crippen LogP contribution in [0.25, 0.3) is 0 Å². The lowest BCUT2D eigenvalue weighted by Crippen LogP contribution is -2.28. The van der Waals surface area contributed by atoms with E-state index in [1.165, 1.54) is 13.8 Å². The van der Waals surface area contributed by atoms with Crippen molar-refractivity contribution in [1.29, 1.82) is 0 Å². The van der Waals surface area contributed by atoms with Gasteiger partial charge in [0.25, 0.3) is 0 Å². The second-order valence-corrected chi connectivity index (χ2v) is 5.86. The van der Waals surface area contributed by atoms with Crippen molar-refractivity contribution in [3.63, 3.8) is 0 Å². The Labute approximate surface area is 122 Å². The molecule has 1 aromatic rings. The van der Waals surface area contributed by atoms with E-state index in [9.17, 15) is 31.7 Å². The van der Waals surface area contributed by atoms with Crippen LogP contribution >= 0.6 is 11.6 Å². The monoisotopic (exact) mass is 347 g/mol. The molecule has 6 nitrogen and oxygen atoms in total. The highest BCUT2D eigenvalue weighted by Gasteiger charge is 2.49. The molecule has 11 heteroatoms. The van der Waals surface area contributed by atoms with Gasteiger partial charge in [0, 0.05) is 11.1 Å². The second kappa shape index (κ2) is 5.68. The Hall–Kier alpha value is -1.55. The lowest BCUT2D eigenvalue weighted by atomic mass is 10.1. The number of hydrogen-bond acceptors (Lipinski definition) is 5. The van der Waals surface area contributed by atoms with Gasteiger partial charge < -0.3 is 4.18 Å². The summed E-state index contributed by atoms with van der Waals surface area (Å²) in [7, 11) is -6.02. The Kier molecular flexibility index (Phi) is 4.73. The zero-order valence-corrected chi connectivity index (χ0v) is 12.3. The van der Waals surface area contributed by atoms with Gasteiger partial charge in [-0.1, -0.05) is 18.5 Å². The van der Waals surface area contributed by atoms with Crippen molar-refractivity contribution in [2.75, 3.05) is 0 Å². The molecule has 0 aliphatic rings. The number of rotatable bonds is 4. The molecule has 0 spiro atoms. The van der Waals surface area contributed by atoms with Crippen LogP contribution in [0.1, 0.15) is 18.1 Å². The first-order valence-electron chi connectivity index (χ1n) is 5.39. The molecular formula is C10H9ClF3NO5S. The summed E-state index contributed by atoms with van der Waals surface area (Å²) in [5, 5.41) is 10.9. The minimum Gasteiger partial charge on any atom is -0.368 e. The fraction of sp³-hybridized carbons (Fsp3) is 0.400. The number of nitro benzene ring substituents is 1. The summed E-state index contributed by atoms with van der Waals surface area (Å²) in [6.45, 7) is 2.63. The molecule has 1 rings (SSSR count). The third-order valence-corrected chi connectivity index (χ3v) is 3.91. The predicted octanol–water partition coefficient (Wildman–Crippen LogP) is 3.35. The molecule has 0 radical (unpaired) electrons. The summed E-state index contributed by atoms with van der Waals surface area (Å²) >= 11 is 5.74. The highest BCUT2D eigenvalue weighted by atomic mass is 35.5. The normalized spacial score (nSPS) is 12.3. The van der Waals surface area contributed by atoms with Crippen LogP contribution in [0.4, 0.5) is 18.9 Å². The Morgan fingerprint density at radius 2 is 1.95 bits per heavy atom. The number of hydrogen-bond donors (Lipinski definition) is 0. The van der Waals surface area contributed by atoms with E-state index in [4.69, 9.17) is 11.6 Å². The molecule has 0 aromatic heterocycles. The molecule has 1 aromatic carbocycles. The van der Waals surface area contributed by atoms with Crippen molar-refractivity contribution in [1.82, 2.24) is 0 Å². The van der Waals surface area contributed by atoms with Crippen LogP contribution in [0.2, 0.25) is 5.02 Å². The Morgan fingerprint density at radius 1 is 1.43 bits per heavy atom. The van der Waals surface area contributed by atoms with E-state index in [1.807, 2.05) is 0 Å². The van der Waals surface area contributed by atoms with Gasteiger partial charge in [0.15, 0.2) is 0 Å². The van der Waals surface area contributed by atoms with E-state index >= 15 is 0 Å². The van der Waals surface area contributed by atoms with Crippen molar-refractivity contribution in [3.05, 3.63) is 32.3 Å². The maximum Gasteiger partial charge on any atom is 0.534 e. The first-order chi connectivity index (χ1) is 9.42. The van der Waals surface area contributed by atoms with Crippen molar-refractivity contribution in [2.24, 2.45) is 0 Å². The topological polar surface area (TPSA) is 86.5 Å². The molecular weight excluding hydrogens is 339 g/mol. The van der Waals surface area contributed by atoms with E-state index in [1.54, 1.807) is 0 Å². The molecule has 21 heavy (non-hydrogen) atoms. The SMILES string of the molecule is CCc1cc(Cl)c(C)c([N+](=O)[O-])c1OS(=O)(=O)C(F)(F)F. The Morgan fingerprint density at radius 3 is 2.33 bits per heavy atom. The van der Waals surface area contributed by atoms with Gasteiger partial charge in [-0.3, -0.25) is 10.1 Å². The highest BCUT2D eigenvalue weighted by Crippen LogP contribution is 2.41. The third-order valence-electron chi connectivity index (χ3n) is 2.56. The Balaban J connectivity index is 3.62. The van der Waals surface area contributed by atoms with Crippen LogP contribution in [0.15, 0.2) is 6.07 Å². The van der Waals surface area contributed by atoms with Crippen LogP contribution in [-0.4, -0.2) is 18.8 Å². The van der Waals surface area contributed by atoms with Crippen LogP contribution in [0.3, 0.4) is 0 Å². The minimum atomic E-state index is -6.02. The molecule has 0 aliphatic heterocycles. The lowest BCUT2D eigenvalue weighted by molar-refractivity contribution is -0.386. The molecule has 0 bridgehead atoms. The number of nitrogens with zero attached hydrogens (tertiary/aromatic N) is 1. The summed E-state index contributed by atoms with van der Waals surface area (Å²) < 4.78 is 63.2. The number of aryl methyl sites for hydroxylation is 1. The molecule has 0 saturated carbocycles. The third kappa shape index (κ3) is 3.38. The molecule has 118 valence electrons. The number of benzene rings is 1. The average Bonchev–Trinajstić information content (AvgIpc) is 2.31. The van der Waals surface area contributed by atoms with E-state index in [0.29, 0.717) is 0 Å². The summed E-state index contributed by atoms with van der Waals surface area (Å²) in [4.78, 5) is 9.95. The van der Waals surface area contributed by atoms with Gasteiger partial charge >= 0.3 is 21.3 Å². The van der Waals surface area contributed by atoms with Crippen molar-refractivity contribution in [3.8, 4) is 5.75 Å². The molecule has 0 fully saturated rings. The average molecular weight is 348 g/mol. The Bertz CT molecular complexity index is 687. The quantitative estimate of drug-likeness (QED) is 0.361. The molecule has 0 unspecified atom stereocenters.